The van der Waals surface area contributed by atoms with Gasteiger partial charge in [-0.1, -0.05) is 6.07 Å². The number of halogens is 2. The van der Waals surface area contributed by atoms with E-state index in [9.17, 15) is 13.6 Å². The molecule has 1 aromatic heterocycles. The van der Waals surface area contributed by atoms with Gasteiger partial charge in [0.15, 0.2) is 0 Å². The van der Waals surface area contributed by atoms with Gasteiger partial charge in [-0.05, 0) is 56.7 Å². The molecular weight excluding hydrogens is 434 g/mol. The zero-order valence-corrected chi connectivity index (χ0v) is 19.7. The zero-order chi connectivity index (χ0) is 24.1. The highest BCUT2D eigenvalue weighted by Crippen LogP contribution is 2.23. The number of aryl methyl sites for hydroxylation is 2. The van der Waals surface area contributed by atoms with E-state index in [1.165, 1.54) is 12.7 Å². The average Bonchev–Trinajstić information content (AvgIpc) is 2.81. The normalized spacial score (nSPS) is 16.5. The van der Waals surface area contributed by atoms with Crippen molar-refractivity contribution in [2.75, 3.05) is 59.0 Å². The smallest absolute Gasteiger partial charge is 0.322 e. The molecule has 1 aromatic rings. The van der Waals surface area contributed by atoms with Gasteiger partial charge in [-0.3, -0.25) is 4.79 Å². The maximum absolute atomic E-state index is 12.3. The van der Waals surface area contributed by atoms with Crippen molar-refractivity contribution in [2.24, 2.45) is 5.73 Å². The van der Waals surface area contributed by atoms with Crippen LogP contribution in [0.2, 0.25) is 0 Å². The van der Waals surface area contributed by atoms with Crippen molar-refractivity contribution in [1.29, 1.82) is 0 Å². The molecule has 8 nitrogen and oxygen atoms in total. The Morgan fingerprint density at radius 1 is 1.27 bits per heavy atom. The van der Waals surface area contributed by atoms with Crippen molar-refractivity contribution < 1.29 is 27.8 Å². The van der Waals surface area contributed by atoms with Crippen LogP contribution in [0, 0.1) is 0 Å². The first-order valence-electron chi connectivity index (χ1n) is 11.6. The Morgan fingerprint density at radius 2 is 2.09 bits per heavy atom. The molecule has 3 N–H and O–H groups in total. The highest BCUT2D eigenvalue weighted by Gasteiger charge is 2.19. The number of fused-ring (bicyclic) bond motifs is 1. The van der Waals surface area contributed by atoms with Crippen molar-refractivity contribution in [3.8, 4) is 0 Å². The van der Waals surface area contributed by atoms with Gasteiger partial charge in [0.2, 0.25) is 0 Å². The maximum atomic E-state index is 12.3. The largest absolute Gasteiger partial charge is 0.468 e. The number of aromatic nitrogens is 1. The number of carbonyl (C=O) groups excluding carboxylic acids is 1. The zero-order valence-electron chi connectivity index (χ0n) is 19.7. The molecule has 188 valence electrons. The van der Waals surface area contributed by atoms with Crippen LogP contribution in [0.25, 0.3) is 0 Å². The number of carbonyl (C=O) groups is 1. The van der Waals surface area contributed by atoms with Crippen LogP contribution in [0.1, 0.15) is 36.9 Å². The van der Waals surface area contributed by atoms with E-state index < -0.39 is 25.0 Å². The van der Waals surface area contributed by atoms with E-state index in [0.29, 0.717) is 32.2 Å². The minimum Gasteiger partial charge on any atom is -0.468 e. The Bertz CT molecular complexity index is 711. The fourth-order valence-electron chi connectivity index (χ4n) is 3.85. The second-order valence-corrected chi connectivity index (χ2v) is 8.33. The molecule has 0 saturated heterocycles. The number of nitrogens with one attached hydrogen (secondary N) is 1. The number of esters is 1. The van der Waals surface area contributed by atoms with E-state index in [2.05, 4.69) is 27.1 Å². The first-order valence-corrected chi connectivity index (χ1v) is 11.6. The number of pyridine rings is 1. The fourth-order valence-corrected chi connectivity index (χ4v) is 3.85. The molecule has 1 aliphatic rings. The summed E-state index contributed by atoms with van der Waals surface area (Å²) in [6.07, 6.45) is 2.68. The number of nitrogens with zero attached hydrogens (tertiary/aromatic N) is 2. The third-order valence-corrected chi connectivity index (χ3v) is 5.72. The minimum absolute atomic E-state index is 0.207. The van der Waals surface area contributed by atoms with Gasteiger partial charge in [0, 0.05) is 25.9 Å². The first kappa shape index (κ1) is 27.4. The minimum atomic E-state index is -2.48. The summed E-state index contributed by atoms with van der Waals surface area (Å²) in [6.45, 7) is 2.13. The predicted octanol–water partition coefficient (Wildman–Crippen LogP) is 2.25. The molecule has 2 rings (SSSR count). The number of hydrogen-bond donors (Lipinski definition) is 2. The molecule has 0 aliphatic carbocycles. The van der Waals surface area contributed by atoms with Gasteiger partial charge < -0.3 is 30.2 Å². The van der Waals surface area contributed by atoms with E-state index in [4.69, 9.17) is 20.2 Å². The van der Waals surface area contributed by atoms with Crippen molar-refractivity contribution >= 4 is 11.8 Å². The number of anilines is 1. The van der Waals surface area contributed by atoms with Crippen molar-refractivity contribution in [3.63, 3.8) is 0 Å². The number of unbranched alkanes of at least 4 members (excludes halogenated alkanes) is 1. The third-order valence-electron chi connectivity index (χ3n) is 5.72. The van der Waals surface area contributed by atoms with Gasteiger partial charge in [0.25, 0.3) is 6.43 Å². The maximum Gasteiger partial charge on any atom is 0.322 e. The van der Waals surface area contributed by atoms with Crippen LogP contribution in [-0.2, 0) is 31.8 Å². The molecule has 1 unspecified atom stereocenters. The van der Waals surface area contributed by atoms with Crippen LogP contribution in [0.5, 0.6) is 0 Å². The number of rotatable bonds is 16. The molecule has 0 saturated carbocycles. The summed E-state index contributed by atoms with van der Waals surface area (Å²) in [5.74, 6) is 0.499. The average molecular weight is 473 g/mol. The molecule has 2 atom stereocenters. The van der Waals surface area contributed by atoms with Gasteiger partial charge in [-0.2, -0.15) is 0 Å². The van der Waals surface area contributed by atoms with E-state index in [1.54, 1.807) is 7.11 Å². The fraction of sp³-hybridized carbons (Fsp3) is 0.739. The lowest BCUT2D eigenvalue weighted by Gasteiger charge is -2.26. The Kier molecular flexibility index (Phi) is 12.5. The Morgan fingerprint density at radius 3 is 2.82 bits per heavy atom. The van der Waals surface area contributed by atoms with Gasteiger partial charge in [0.1, 0.15) is 18.5 Å². The van der Waals surface area contributed by atoms with Crippen LogP contribution in [-0.4, -0.2) is 88.0 Å². The molecular formula is C23H38F2N4O4. The number of nitrogens with two attached hydrogens (primary N) is 1. The number of ether oxygens (including phenoxy) is 3. The molecule has 0 spiro atoms. The van der Waals surface area contributed by atoms with Crippen LogP contribution in [0.3, 0.4) is 0 Å². The summed E-state index contributed by atoms with van der Waals surface area (Å²) in [7, 11) is 3.01. The lowest BCUT2D eigenvalue weighted by molar-refractivity contribution is -0.142. The molecule has 33 heavy (non-hydrogen) atoms. The van der Waals surface area contributed by atoms with Crippen molar-refractivity contribution in [3.05, 3.63) is 23.4 Å². The van der Waals surface area contributed by atoms with Crippen LogP contribution >= 0.6 is 0 Å². The van der Waals surface area contributed by atoms with E-state index in [0.717, 1.165) is 50.2 Å². The molecule has 1 aliphatic heterocycles. The molecule has 0 amide bonds. The summed E-state index contributed by atoms with van der Waals surface area (Å²) in [4.78, 5) is 18.4. The highest BCUT2D eigenvalue weighted by atomic mass is 19.3. The molecule has 0 aromatic carbocycles. The quantitative estimate of drug-likeness (QED) is 0.279. The number of hydrogen-bond acceptors (Lipinski definition) is 8. The third kappa shape index (κ3) is 10.3. The summed E-state index contributed by atoms with van der Waals surface area (Å²) in [5, 5.41) is 3.46. The number of methoxy groups -OCH3 is 2. The molecule has 0 bridgehead atoms. The van der Waals surface area contributed by atoms with Gasteiger partial charge in [-0.15, -0.1) is 0 Å². The first-order chi connectivity index (χ1) is 15.9. The van der Waals surface area contributed by atoms with Crippen LogP contribution in [0.15, 0.2) is 12.1 Å². The lowest BCUT2D eigenvalue weighted by Crippen LogP contribution is -2.38. The molecule has 10 heteroatoms. The summed E-state index contributed by atoms with van der Waals surface area (Å²) in [5.41, 5.74) is 8.11. The molecule has 0 fully saturated rings. The van der Waals surface area contributed by atoms with Gasteiger partial charge in [-0.25, -0.2) is 13.8 Å². The standard InChI is InChI=1S/C23H38F2N4O4/c1-31-15-19-9-7-17-6-8-18(27-22(17)28-19)5-3-4-11-29(13-14-33-16-21(24)25)12-10-20(26)23(30)32-2/h6,8,19-21H,3-5,7,9-16,26H2,1-2H3,(H,27,28)/t19?,20-/m0/s1. The predicted molar refractivity (Wildman–Crippen MR) is 123 cm³/mol. The Hall–Kier alpha value is -1.88. The molecule has 0 radical (unpaired) electrons. The summed E-state index contributed by atoms with van der Waals surface area (Å²) < 4.78 is 39.5. The van der Waals surface area contributed by atoms with Crippen LogP contribution < -0.4 is 11.1 Å². The number of alkyl halides is 2. The lowest BCUT2D eigenvalue weighted by atomic mass is 10.0. The second kappa shape index (κ2) is 15.1. The van der Waals surface area contributed by atoms with Crippen LogP contribution in [0.4, 0.5) is 14.6 Å². The van der Waals surface area contributed by atoms with Gasteiger partial charge >= 0.3 is 5.97 Å². The van der Waals surface area contributed by atoms with E-state index in [1.807, 2.05) is 0 Å². The van der Waals surface area contributed by atoms with Gasteiger partial charge in [0.05, 0.1) is 26.4 Å². The summed E-state index contributed by atoms with van der Waals surface area (Å²) in [6, 6.07) is 3.83. The highest BCUT2D eigenvalue weighted by molar-refractivity contribution is 5.75. The summed E-state index contributed by atoms with van der Waals surface area (Å²) >= 11 is 0. The topological polar surface area (TPSA) is 98.9 Å². The van der Waals surface area contributed by atoms with E-state index >= 15 is 0 Å². The Balaban J connectivity index is 1.79. The monoisotopic (exact) mass is 472 g/mol. The van der Waals surface area contributed by atoms with Crippen molar-refractivity contribution in [1.82, 2.24) is 9.88 Å². The Labute approximate surface area is 195 Å². The second-order valence-electron chi connectivity index (χ2n) is 8.33. The molecule has 2 heterocycles. The SMILES string of the molecule is COCC1CCc2ccc(CCCCN(CCOCC(F)F)CC[C@H](N)C(=O)OC)nc2N1. The van der Waals surface area contributed by atoms with E-state index in [-0.39, 0.29) is 6.61 Å². The van der Waals surface area contributed by atoms with Crippen molar-refractivity contribution in [2.45, 2.75) is 57.0 Å².